The molecule has 4 atom stereocenters. The Morgan fingerprint density at radius 1 is 1.17 bits per heavy atom. The zero-order chi connectivity index (χ0) is 13.7. The molecule has 108 valence electrons. The molecule has 1 fully saturated rings. The lowest BCUT2D eigenvalue weighted by atomic mass is 9.75. The van der Waals surface area contributed by atoms with E-state index in [1.54, 1.807) is 0 Å². The molecule has 0 aliphatic heterocycles. The smallest absolute Gasteiger partial charge is 0.0625 e. The maximum Gasteiger partial charge on any atom is 0.0625 e. The predicted octanol–water partition coefficient (Wildman–Crippen LogP) is 3.71. The Morgan fingerprint density at radius 2 is 1.83 bits per heavy atom. The van der Waals surface area contributed by atoms with Gasteiger partial charge in [0.2, 0.25) is 0 Å². The third-order valence-electron chi connectivity index (χ3n) is 4.63. The Kier molecular flexibility index (Phi) is 6.65. The highest BCUT2D eigenvalue weighted by molar-refractivity contribution is 4.82. The standard InChI is InChI=1S/C16H33NO/c1-11(2)14-8-7-13(5)9-16(14)18-10-15(17-6)12(3)4/h11-17H,7-10H2,1-6H3. The van der Waals surface area contributed by atoms with Crippen molar-refractivity contribution in [3.8, 4) is 0 Å². The third kappa shape index (κ3) is 4.55. The summed E-state index contributed by atoms with van der Waals surface area (Å²) in [5.74, 6) is 2.96. The van der Waals surface area contributed by atoms with Crippen molar-refractivity contribution in [2.45, 2.75) is 66.0 Å². The van der Waals surface area contributed by atoms with Crippen LogP contribution in [0, 0.1) is 23.7 Å². The molecule has 2 heteroatoms. The molecule has 0 radical (unpaired) electrons. The minimum absolute atomic E-state index is 0.475. The first-order valence-electron chi connectivity index (χ1n) is 7.74. The largest absolute Gasteiger partial charge is 0.376 e. The van der Waals surface area contributed by atoms with Crippen LogP contribution in [0.2, 0.25) is 0 Å². The summed E-state index contributed by atoms with van der Waals surface area (Å²) in [6.45, 7) is 12.4. The fourth-order valence-corrected chi connectivity index (χ4v) is 3.14. The second-order valence-corrected chi connectivity index (χ2v) is 6.84. The van der Waals surface area contributed by atoms with Gasteiger partial charge in [-0.1, -0.05) is 41.0 Å². The van der Waals surface area contributed by atoms with Crippen LogP contribution in [0.4, 0.5) is 0 Å². The van der Waals surface area contributed by atoms with E-state index in [9.17, 15) is 0 Å². The highest BCUT2D eigenvalue weighted by atomic mass is 16.5. The molecular weight excluding hydrogens is 222 g/mol. The van der Waals surface area contributed by atoms with Crippen LogP contribution >= 0.6 is 0 Å². The Bertz CT molecular complexity index is 227. The van der Waals surface area contributed by atoms with Gasteiger partial charge in [-0.05, 0) is 43.6 Å². The summed E-state index contributed by atoms with van der Waals surface area (Å²) in [5, 5.41) is 3.37. The minimum Gasteiger partial charge on any atom is -0.376 e. The molecule has 1 N–H and O–H groups in total. The van der Waals surface area contributed by atoms with Gasteiger partial charge in [-0.15, -0.1) is 0 Å². The monoisotopic (exact) mass is 255 g/mol. The quantitative estimate of drug-likeness (QED) is 0.781. The molecule has 0 aromatic rings. The van der Waals surface area contributed by atoms with Crippen molar-refractivity contribution in [1.82, 2.24) is 5.32 Å². The van der Waals surface area contributed by atoms with Crippen molar-refractivity contribution in [1.29, 1.82) is 0 Å². The third-order valence-corrected chi connectivity index (χ3v) is 4.63. The summed E-state index contributed by atoms with van der Waals surface area (Å²) < 4.78 is 6.28. The highest BCUT2D eigenvalue weighted by Crippen LogP contribution is 2.35. The molecule has 0 bridgehead atoms. The van der Waals surface area contributed by atoms with Gasteiger partial charge in [-0.2, -0.15) is 0 Å². The van der Waals surface area contributed by atoms with E-state index < -0.39 is 0 Å². The number of ether oxygens (including phenoxy) is 1. The number of hydrogen-bond acceptors (Lipinski definition) is 2. The maximum absolute atomic E-state index is 6.28. The predicted molar refractivity (Wildman–Crippen MR) is 78.8 cm³/mol. The van der Waals surface area contributed by atoms with Crippen LogP contribution < -0.4 is 5.32 Å². The number of likely N-dealkylation sites (N-methyl/N-ethyl adjacent to an activating group) is 1. The van der Waals surface area contributed by atoms with Crippen LogP contribution in [0.25, 0.3) is 0 Å². The highest BCUT2D eigenvalue weighted by Gasteiger charge is 2.31. The topological polar surface area (TPSA) is 21.3 Å². The molecule has 2 nitrogen and oxygen atoms in total. The zero-order valence-corrected chi connectivity index (χ0v) is 13.2. The number of rotatable bonds is 6. The van der Waals surface area contributed by atoms with Crippen LogP contribution in [0.15, 0.2) is 0 Å². The molecule has 1 rings (SSSR count). The molecule has 1 saturated carbocycles. The van der Waals surface area contributed by atoms with Crippen LogP contribution in [0.3, 0.4) is 0 Å². The zero-order valence-electron chi connectivity index (χ0n) is 13.2. The molecule has 0 spiro atoms. The SMILES string of the molecule is CNC(COC1CC(C)CCC1C(C)C)C(C)C. The molecule has 0 aromatic heterocycles. The molecule has 1 aliphatic rings. The summed E-state index contributed by atoms with van der Waals surface area (Å²) in [4.78, 5) is 0. The van der Waals surface area contributed by atoms with Gasteiger partial charge in [0.1, 0.15) is 0 Å². The second-order valence-electron chi connectivity index (χ2n) is 6.84. The lowest BCUT2D eigenvalue weighted by molar-refractivity contribution is -0.0488. The average molecular weight is 255 g/mol. The van der Waals surface area contributed by atoms with Crippen LogP contribution in [0.1, 0.15) is 53.9 Å². The van der Waals surface area contributed by atoms with Gasteiger partial charge in [0.25, 0.3) is 0 Å². The van der Waals surface area contributed by atoms with Gasteiger partial charge in [-0.3, -0.25) is 0 Å². The number of hydrogen-bond donors (Lipinski definition) is 1. The van der Waals surface area contributed by atoms with E-state index in [1.165, 1.54) is 19.3 Å². The van der Waals surface area contributed by atoms with Gasteiger partial charge in [0, 0.05) is 6.04 Å². The number of nitrogens with one attached hydrogen (secondary N) is 1. The van der Waals surface area contributed by atoms with Gasteiger partial charge in [0.15, 0.2) is 0 Å². The maximum atomic E-state index is 6.28. The van der Waals surface area contributed by atoms with Crippen molar-refractivity contribution in [2.24, 2.45) is 23.7 Å². The van der Waals surface area contributed by atoms with Crippen molar-refractivity contribution in [3.05, 3.63) is 0 Å². The minimum atomic E-state index is 0.475. The van der Waals surface area contributed by atoms with E-state index in [2.05, 4.69) is 39.9 Å². The normalized spacial score (nSPS) is 31.0. The van der Waals surface area contributed by atoms with E-state index in [1.807, 2.05) is 7.05 Å². The van der Waals surface area contributed by atoms with E-state index >= 15 is 0 Å². The van der Waals surface area contributed by atoms with Crippen molar-refractivity contribution in [2.75, 3.05) is 13.7 Å². The summed E-state index contributed by atoms with van der Waals surface area (Å²) in [6, 6.07) is 0.482. The van der Waals surface area contributed by atoms with Gasteiger partial charge < -0.3 is 10.1 Å². The summed E-state index contributed by atoms with van der Waals surface area (Å²) in [6.07, 6.45) is 4.44. The van der Waals surface area contributed by atoms with Crippen molar-refractivity contribution in [3.63, 3.8) is 0 Å². The molecule has 4 unspecified atom stereocenters. The molecular formula is C16H33NO. The van der Waals surface area contributed by atoms with Gasteiger partial charge >= 0.3 is 0 Å². The van der Waals surface area contributed by atoms with E-state index in [-0.39, 0.29) is 0 Å². The van der Waals surface area contributed by atoms with Gasteiger partial charge in [0.05, 0.1) is 12.7 Å². The Hall–Kier alpha value is -0.0800. The van der Waals surface area contributed by atoms with Crippen LogP contribution in [-0.2, 0) is 4.74 Å². The molecule has 0 amide bonds. The Morgan fingerprint density at radius 3 is 2.33 bits per heavy atom. The lowest BCUT2D eigenvalue weighted by Gasteiger charge is -2.38. The first kappa shape index (κ1) is 16.0. The lowest BCUT2D eigenvalue weighted by Crippen LogP contribution is -2.40. The Balaban J connectivity index is 2.50. The van der Waals surface area contributed by atoms with Crippen molar-refractivity contribution < 1.29 is 4.74 Å². The van der Waals surface area contributed by atoms with E-state index in [4.69, 9.17) is 4.74 Å². The molecule has 18 heavy (non-hydrogen) atoms. The molecule has 0 saturated heterocycles. The fourth-order valence-electron chi connectivity index (χ4n) is 3.14. The second kappa shape index (κ2) is 7.49. The van der Waals surface area contributed by atoms with Crippen LogP contribution in [0.5, 0.6) is 0 Å². The molecule has 0 heterocycles. The first-order chi connectivity index (χ1) is 8.45. The van der Waals surface area contributed by atoms with E-state index in [0.717, 1.165) is 24.4 Å². The van der Waals surface area contributed by atoms with Gasteiger partial charge in [-0.25, -0.2) is 0 Å². The Labute approximate surface area is 114 Å². The fraction of sp³-hybridized carbons (Fsp3) is 1.00. The summed E-state index contributed by atoms with van der Waals surface area (Å²) >= 11 is 0. The van der Waals surface area contributed by atoms with Crippen LogP contribution in [-0.4, -0.2) is 25.8 Å². The molecule has 0 aromatic carbocycles. The van der Waals surface area contributed by atoms with Crippen molar-refractivity contribution >= 4 is 0 Å². The average Bonchev–Trinajstić information content (AvgIpc) is 2.29. The molecule has 1 aliphatic carbocycles. The first-order valence-corrected chi connectivity index (χ1v) is 7.74. The van der Waals surface area contributed by atoms with E-state index in [0.29, 0.717) is 18.1 Å². The summed E-state index contributed by atoms with van der Waals surface area (Å²) in [5.41, 5.74) is 0. The summed E-state index contributed by atoms with van der Waals surface area (Å²) in [7, 11) is 2.04.